The summed E-state index contributed by atoms with van der Waals surface area (Å²) in [4.78, 5) is 0. The van der Waals surface area contributed by atoms with Crippen molar-refractivity contribution in [2.45, 2.75) is 25.7 Å². The van der Waals surface area contributed by atoms with E-state index in [1.807, 2.05) is 24.3 Å². The molecule has 0 heterocycles. The summed E-state index contributed by atoms with van der Waals surface area (Å²) in [5.74, 6) is 0.529. The molecule has 2 aromatic rings. The number of phenolic OH excluding ortho intramolecular Hbond substituents is 2. The number of hydrogen-bond donors (Lipinski definition) is 2. The van der Waals surface area contributed by atoms with Crippen molar-refractivity contribution in [2.75, 3.05) is 0 Å². The molecule has 0 spiro atoms. The molecule has 0 unspecified atom stereocenters. The fourth-order valence-corrected chi connectivity index (χ4v) is 2.67. The van der Waals surface area contributed by atoms with Gasteiger partial charge >= 0.3 is 0 Å². The number of rotatable bonds is 1. The van der Waals surface area contributed by atoms with Crippen LogP contribution in [0.3, 0.4) is 0 Å². The van der Waals surface area contributed by atoms with E-state index in [1.54, 1.807) is 6.07 Å². The van der Waals surface area contributed by atoms with Crippen LogP contribution in [-0.4, -0.2) is 10.2 Å². The second kappa shape index (κ2) is 4.37. The van der Waals surface area contributed by atoms with Crippen LogP contribution in [0.25, 0.3) is 16.3 Å². The minimum atomic E-state index is 0.241. The molecule has 1 aliphatic carbocycles. The van der Waals surface area contributed by atoms with Crippen molar-refractivity contribution in [2.24, 2.45) is 0 Å². The van der Waals surface area contributed by atoms with Crippen molar-refractivity contribution in [3.05, 3.63) is 42.0 Å². The van der Waals surface area contributed by atoms with Crippen LogP contribution < -0.4 is 0 Å². The average molecular weight is 240 g/mol. The van der Waals surface area contributed by atoms with Crippen molar-refractivity contribution in [1.82, 2.24) is 0 Å². The number of benzene rings is 2. The molecule has 0 saturated heterocycles. The molecule has 2 aromatic carbocycles. The van der Waals surface area contributed by atoms with Gasteiger partial charge in [-0.05, 0) is 37.3 Å². The van der Waals surface area contributed by atoms with Gasteiger partial charge in [-0.1, -0.05) is 30.3 Å². The van der Waals surface area contributed by atoms with Crippen molar-refractivity contribution in [3.8, 4) is 11.5 Å². The van der Waals surface area contributed by atoms with Gasteiger partial charge in [0.2, 0.25) is 0 Å². The smallest absolute Gasteiger partial charge is 0.131 e. The topological polar surface area (TPSA) is 40.5 Å². The van der Waals surface area contributed by atoms with E-state index in [4.69, 9.17) is 0 Å². The summed E-state index contributed by atoms with van der Waals surface area (Å²) < 4.78 is 0. The highest BCUT2D eigenvalue weighted by Gasteiger charge is 2.15. The minimum Gasteiger partial charge on any atom is -0.507 e. The van der Waals surface area contributed by atoms with Gasteiger partial charge in [0.25, 0.3) is 0 Å². The van der Waals surface area contributed by atoms with Crippen molar-refractivity contribution in [1.29, 1.82) is 0 Å². The first kappa shape index (κ1) is 11.1. The van der Waals surface area contributed by atoms with E-state index in [2.05, 4.69) is 6.08 Å². The van der Waals surface area contributed by atoms with Crippen LogP contribution in [-0.2, 0) is 0 Å². The summed E-state index contributed by atoms with van der Waals surface area (Å²) in [5.41, 5.74) is 1.94. The predicted molar refractivity (Wildman–Crippen MR) is 73.7 cm³/mol. The maximum absolute atomic E-state index is 10.4. The lowest BCUT2D eigenvalue weighted by Crippen LogP contribution is -1.93. The fourth-order valence-electron chi connectivity index (χ4n) is 2.67. The van der Waals surface area contributed by atoms with Crippen molar-refractivity contribution in [3.63, 3.8) is 0 Å². The minimum absolute atomic E-state index is 0.241. The van der Waals surface area contributed by atoms with Crippen LogP contribution >= 0.6 is 0 Å². The molecule has 2 heteroatoms. The van der Waals surface area contributed by atoms with E-state index in [0.29, 0.717) is 5.39 Å². The van der Waals surface area contributed by atoms with Crippen molar-refractivity contribution < 1.29 is 10.2 Å². The molecular formula is C16H16O2. The number of allylic oxidation sites excluding steroid dienone is 2. The normalized spacial score (nSPS) is 15.7. The summed E-state index contributed by atoms with van der Waals surface area (Å²) in [5, 5.41) is 21.9. The average Bonchev–Trinajstić information content (AvgIpc) is 2.44. The third kappa shape index (κ3) is 1.74. The summed E-state index contributed by atoms with van der Waals surface area (Å²) in [7, 11) is 0. The Morgan fingerprint density at radius 3 is 2.44 bits per heavy atom. The largest absolute Gasteiger partial charge is 0.507 e. The lowest BCUT2D eigenvalue weighted by molar-refractivity contribution is 0.467. The van der Waals surface area contributed by atoms with Gasteiger partial charge in [-0.2, -0.15) is 0 Å². The molecule has 2 N–H and O–H groups in total. The van der Waals surface area contributed by atoms with Crippen LogP contribution in [0.15, 0.2) is 36.4 Å². The van der Waals surface area contributed by atoms with E-state index < -0.39 is 0 Å². The Morgan fingerprint density at radius 2 is 1.72 bits per heavy atom. The van der Waals surface area contributed by atoms with Crippen LogP contribution in [0.5, 0.6) is 11.5 Å². The number of phenols is 2. The Bertz CT molecular complexity index is 626. The van der Waals surface area contributed by atoms with E-state index >= 15 is 0 Å². The monoisotopic (exact) mass is 240 g/mol. The van der Waals surface area contributed by atoms with Gasteiger partial charge in [-0.3, -0.25) is 0 Å². The summed E-state index contributed by atoms with van der Waals surface area (Å²) in [6.45, 7) is 0. The third-order valence-corrected chi connectivity index (χ3v) is 3.63. The van der Waals surface area contributed by atoms with Gasteiger partial charge in [-0.25, -0.2) is 0 Å². The molecule has 92 valence electrons. The highest BCUT2D eigenvalue weighted by atomic mass is 16.3. The zero-order valence-electron chi connectivity index (χ0n) is 10.2. The molecule has 0 bridgehead atoms. The molecule has 0 radical (unpaired) electrons. The zero-order valence-corrected chi connectivity index (χ0v) is 10.2. The van der Waals surface area contributed by atoms with E-state index in [-0.39, 0.29) is 11.5 Å². The van der Waals surface area contributed by atoms with Crippen LogP contribution in [0.2, 0.25) is 0 Å². The lowest BCUT2D eigenvalue weighted by atomic mass is 9.91. The third-order valence-electron chi connectivity index (χ3n) is 3.63. The van der Waals surface area contributed by atoms with Crippen LogP contribution in [0, 0.1) is 0 Å². The predicted octanol–water partition coefficient (Wildman–Crippen LogP) is 4.21. The van der Waals surface area contributed by atoms with Gasteiger partial charge < -0.3 is 10.2 Å². The van der Waals surface area contributed by atoms with E-state index in [1.165, 1.54) is 6.42 Å². The molecule has 2 nitrogen and oxygen atoms in total. The first-order valence-electron chi connectivity index (χ1n) is 6.40. The van der Waals surface area contributed by atoms with Crippen molar-refractivity contribution >= 4 is 16.3 Å². The van der Waals surface area contributed by atoms with Gasteiger partial charge in [0.05, 0.1) is 0 Å². The summed E-state index contributed by atoms with van der Waals surface area (Å²) >= 11 is 0. The van der Waals surface area contributed by atoms with E-state index in [0.717, 1.165) is 35.8 Å². The molecule has 1 aliphatic rings. The molecular weight excluding hydrogens is 224 g/mol. The molecule has 3 rings (SSSR count). The molecule has 0 fully saturated rings. The highest BCUT2D eigenvalue weighted by molar-refractivity contribution is 5.97. The van der Waals surface area contributed by atoms with Crippen LogP contribution in [0.4, 0.5) is 0 Å². The number of hydrogen-bond acceptors (Lipinski definition) is 2. The quantitative estimate of drug-likeness (QED) is 0.733. The SMILES string of the molecule is Oc1cc(C2=CCCCC2)c(O)c2ccccc12. The molecule has 0 atom stereocenters. The molecule has 18 heavy (non-hydrogen) atoms. The van der Waals surface area contributed by atoms with Gasteiger partial charge in [0.15, 0.2) is 0 Å². The Morgan fingerprint density at radius 1 is 0.944 bits per heavy atom. The lowest BCUT2D eigenvalue weighted by Gasteiger charge is -2.16. The summed E-state index contributed by atoms with van der Waals surface area (Å²) in [6, 6.07) is 9.09. The maximum atomic E-state index is 10.4. The highest BCUT2D eigenvalue weighted by Crippen LogP contribution is 2.40. The zero-order chi connectivity index (χ0) is 12.5. The molecule has 0 saturated carbocycles. The second-order valence-corrected chi connectivity index (χ2v) is 4.81. The Kier molecular flexibility index (Phi) is 2.71. The molecule has 0 amide bonds. The fraction of sp³-hybridized carbons (Fsp3) is 0.250. The van der Waals surface area contributed by atoms with Gasteiger partial charge in [0, 0.05) is 16.3 Å². The van der Waals surface area contributed by atoms with E-state index in [9.17, 15) is 10.2 Å². The Balaban J connectivity index is 2.24. The first-order valence-corrected chi connectivity index (χ1v) is 6.40. The summed E-state index contributed by atoms with van der Waals surface area (Å²) in [6.07, 6.45) is 6.57. The second-order valence-electron chi connectivity index (χ2n) is 4.81. The maximum Gasteiger partial charge on any atom is 0.131 e. The standard InChI is InChI=1S/C16H16O2/c17-15-10-14(11-6-2-1-3-7-11)16(18)13-9-5-4-8-12(13)15/h4-6,8-10,17-18H,1-3,7H2. The van der Waals surface area contributed by atoms with Gasteiger partial charge in [0.1, 0.15) is 11.5 Å². The molecule has 0 aliphatic heterocycles. The van der Waals surface area contributed by atoms with Crippen LogP contribution in [0.1, 0.15) is 31.2 Å². The number of aromatic hydroxyl groups is 2. The Hall–Kier alpha value is -1.96. The first-order chi connectivity index (χ1) is 8.77. The Labute approximate surface area is 106 Å². The molecule has 0 aromatic heterocycles. The number of fused-ring (bicyclic) bond motifs is 1. The van der Waals surface area contributed by atoms with Gasteiger partial charge in [-0.15, -0.1) is 0 Å².